The number of imide groups is 1. The fourth-order valence-corrected chi connectivity index (χ4v) is 3.44. The summed E-state index contributed by atoms with van der Waals surface area (Å²) in [4.78, 5) is 49.1. The molecule has 3 N–H and O–H groups in total. The highest BCUT2D eigenvalue weighted by atomic mass is 16.4. The molecule has 1 heterocycles. The van der Waals surface area contributed by atoms with Gasteiger partial charge < -0.3 is 15.7 Å². The molecule has 1 fully saturated rings. The number of carboxylic acid groups (broad SMARTS) is 1. The normalized spacial score (nSPS) is 14.3. The van der Waals surface area contributed by atoms with Crippen LogP contribution in [0.15, 0.2) is 78.5 Å². The van der Waals surface area contributed by atoms with Crippen molar-refractivity contribution < 1.29 is 24.3 Å². The van der Waals surface area contributed by atoms with Crippen molar-refractivity contribution in [1.29, 1.82) is 0 Å². The van der Waals surface area contributed by atoms with E-state index in [1.807, 2.05) is 31.2 Å². The van der Waals surface area contributed by atoms with E-state index < -0.39 is 30.4 Å². The summed E-state index contributed by atoms with van der Waals surface area (Å²) in [6, 6.07) is 20.2. The number of carboxylic acids is 1. The fraction of sp³-hybridized carbons (Fsp3) is 0.0769. The van der Waals surface area contributed by atoms with Crippen molar-refractivity contribution in [3.63, 3.8) is 0 Å². The fourth-order valence-electron chi connectivity index (χ4n) is 3.44. The summed E-state index contributed by atoms with van der Waals surface area (Å²) < 4.78 is 0. The van der Waals surface area contributed by atoms with E-state index in [-0.39, 0.29) is 11.3 Å². The van der Waals surface area contributed by atoms with Crippen molar-refractivity contribution in [2.45, 2.75) is 6.92 Å². The van der Waals surface area contributed by atoms with Crippen LogP contribution < -0.4 is 10.6 Å². The lowest BCUT2D eigenvalue weighted by Gasteiger charge is -2.12. The predicted molar refractivity (Wildman–Crippen MR) is 127 cm³/mol. The van der Waals surface area contributed by atoms with E-state index in [0.717, 1.165) is 21.6 Å². The van der Waals surface area contributed by atoms with Crippen LogP contribution in [-0.2, 0) is 9.59 Å². The minimum atomic E-state index is -0.988. The van der Waals surface area contributed by atoms with Crippen molar-refractivity contribution in [3.05, 3.63) is 95.2 Å². The number of nitrogens with zero attached hydrogens (tertiary/aromatic N) is 1. The first-order valence-electron chi connectivity index (χ1n) is 10.4. The van der Waals surface area contributed by atoms with Gasteiger partial charge in [0.2, 0.25) is 5.91 Å². The Morgan fingerprint density at radius 3 is 2.09 bits per heavy atom. The first-order chi connectivity index (χ1) is 16.3. The molecule has 1 aliphatic heterocycles. The number of carbonyl (C=O) groups excluding carboxylic acids is 3. The number of aromatic carboxylic acids is 1. The molecule has 4 rings (SSSR count). The molecule has 34 heavy (non-hydrogen) atoms. The smallest absolute Gasteiger partial charge is 0.335 e. The average molecular weight is 455 g/mol. The van der Waals surface area contributed by atoms with Crippen molar-refractivity contribution in [3.8, 4) is 11.1 Å². The van der Waals surface area contributed by atoms with Gasteiger partial charge in [-0.15, -0.1) is 0 Å². The number of urea groups is 1. The van der Waals surface area contributed by atoms with Crippen LogP contribution in [0.25, 0.3) is 17.2 Å². The van der Waals surface area contributed by atoms with E-state index in [9.17, 15) is 19.2 Å². The summed E-state index contributed by atoms with van der Waals surface area (Å²) in [5.41, 5.74) is 4.31. The molecule has 0 aliphatic carbocycles. The maximum Gasteiger partial charge on any atom is 0.335 e. The molecule has 0 unspecified atom stereocenters. The summed E-state index contributed by atoms with van der Waals surface area (Å²) in [6.45, 7) is 1.53. The minimum absolute atomic E-state index is 0.0756. The third kappa shape index (κ3) is 5.02. The number of hydrogen-bond acceptors (Lipinski definition) is 4. The third-order valence-corrected chi connectivity index (χ3v) is 5.29. The lowest BCUT2D eigenvalue weighted by atomic mass is 10.0. The van der Waals surface area contributed by atoms with Gasteiger partial charge in [0.1, 0.15) is 12.2 Å². The van der Waals surface area contributed by atoms with Gasteiger partial charge in [-0.2, -0.15) is 0 Å². The van der Waals surface area contributed by atoms with Crippen molar-refractivity contribution >= 4 is 35.6 Å². The van der Waals surface area contributed by atoms with Crippen LogP contribution in [-0.4, -0.2) is 40.4 Å². The second-order valence-electron chi connectivity index (χ2n) is 7.80. The Labute approximate surface area is 195 Å². The first kappa shape index (κ1) is 22.5. The van der Waals surface area contributed by atoms with Crippen LogP contribution in [0.2, 0.25) is 0 Å². The van der Waals surface area contributed by atoms with Gasteiger partial charge in [-0.1, -0.05) is 54.1 Å². The minimum Gasteiger partial charge on any atom is -0.478 e. The van der Waals surface area contributed by atoms with E-state index in [1.165, 1.54) is 18.2 Å². The van der Waals surface area contributed by atoms with Gasteiger partial charge in [0.15, 0.2) is 0 Å². The molecule has 1 saturated heterocycles. The number of benzene rings is 3. The largest absolute Gasteiger partial charge is 0.478 e. The van der Waals surface area contributed by atoms with E-state index in [4.69, 9.17) is 5.11 Å². The highest BCUT2D eigenvalue weighted by Gasteiger charge is 2.34. The molecule has 0 bridgehead atoms. The van der Waals surface area contributed by atoms with Crippen LogP contribution in [0.3, 0.4) is 0 Å². The molecule has 170 valence electrons. The standard InChI is InChI=1S/C26H21N3O5/c1-16-2-12-21(13-3-16)27-23(30)15-29-24(31)22(28-26(29)34)14-17-4-6-18(7-5-17)19-8-10-20(11-9-19)25(32)33/h2-14H,15H2,1H3,(H,27,30)(H,28,34)(H,32,33)/b22-14-. The number of carbonyl (C=O) groups is 4. The van der Waals surface area contributed by atoms with Crippen LogP contribution in [0.5, 0.6) is 0 Å². The number of hydrogen-bond donors (Lipinski definition) is 3. The Kier molecular flexibility index (Phi) is 6.22. The van der Waals surface area contributed by atoms with Gasteiger partial charge in [0.05, 0.1) is 5.56 Å². The Hall–Kier alpha value is -4.72. The monoisotopic (exact) mass is 455 g/mol. The highest BCUT2D eigenvalue weighted by molar-refractivity contribution is 6.16. The highest BCUT2D eigenvalue weighted by Crippen LogP contribution is 2.22. The topological polar surface area (TPSA) is 116 Å². The maximum absolute atomic E-state index is 12.7. The zero-order valence-electron chi connectivity index (χ0n) is 18.2. The Balaban J connectivity index is 1.42. The van der Waals surface area contributed by atoms with Crippen LogP contribution in [0.4, 0.5) is 10.5 Å². The Morgan fingerprint density at radius 2 is 1.50 bits per heavy atom. The molecule has 8 nitrogen and oxygen atoms in total. The van der Waals surface area contributed by atoms with Gasteiger partial charge in [0, 0.05) is 5.69 Å². The average Bonchev–Trinajstić information content (AvgIpc) is 3.08. The maximum atomic E-state index is 12.7. The Morgan fingerprint density at radius 1 is 0.912 bits per heavy atom. The number of aryl methyl sites for hydroxylation is 1. The molecule has 4 amide bonds. The lowest BCUT2D eigenvalue weighted by Crippen LogP contribution is -2.38. The molecule has 3 aromatic carbocycles. The molecule has 1 aliphatic rings. The summed E-state index contributed by atoms with van der Waals surface area (Å²) in [5.74, 6) is -2.05. The van der Waals surface area contributed by atoms with E-state index in [0.29, 0.717) is 11.3 Å². The number of amides is 4. The van der Waals surface area contributed by atoms with E-state index >= 15 is 0 Å². The summed E-state index contributed by atoms with van der Waals surface area (Å²) in [7, 11) is 0. The molecule has 0 radical (unpaired) electrons. The molecule has 0 atom stereocenters. The third-order valence-electron chi connectivity index (χ3n) is 5.29. The summed E-state index contributed by atoms with van der Waals surface area (Å²) in [5, 5.41) is 14.2. The SMILES string of the molecule is Cc1ccc(NC(=O)CN2C(=O)N/C(=C\c3ccc(-c4ccc(C(=O)O)cc4)cc3)C2=O)cc1. The molecule has 0 saturated carbocycles. The van der Waals surface area contributed by atoms with Gasteiger partial charge in [-0.3, -0.25) is 9.59 Å². The van der Waals surface area contributed by atoms with Crippen molar-refractivity contribution in [2.75, 3.05) is 11.9 Å². The molecule has 3 aromatic rings. The van der Waals surface area contributed by atoms with Gasteiger partial charge >= 0.3 is 12.0 Å². The number of anilines is 1. The summed E-state index contributed by atoms with van der Waals surface area (Å²) >= 11 is 0. The molecule has 0 spiro atoms. The molecular weight excluding hydrogens is 434 g/mol. The zero-order valence-corrected chi connectivity index (χ0v) is 18.2. The lowest BCUT2D eigenvalue weighted by molar-refractivity contribution is -0.127. The first-order valence-corrected chi connectivity index (χ1v) is 10.4. The predicted octanol–water partition coefficient (Wildman–Crippen LogP) is 3.89. The number of rotatable bonds is 6. The van der Waals surface area contributed by atoms with Gasteiger partial charge in [-0.05, 0) is 54.0 Å². The Bertz CT molecular complexity index is 1290. The summed E-state index contributed by atoms with van der Waals surface area (Å²) in [6.07, 6.45) is 1.54. The van der Waals surface area contributed by atoms with E-state index in [2.05, 4.69) is 10.6 Å². The molecule has 0 aromatic heterocycles. The molecular formula is C26H21N3O5. The van der Waals surface area contributed by atoms with Gasteiger partial charge in [-0.25, -0.2) is 14.5 Å². The quantitative estimate of drug-likeness (QED) is 0.385. The zero-order chi connectivity index (χ0) is 24.2. The van der Waals surface area contributed by atoms with Crippen LogP contribution in [0, 0.1) is 6.92 Å². The second kappa shape index (κ2) is 9.41. The van der Waals surface area contributed by atoms with Crippen LogP contribution >= 0.6 is 0 Å². The van der Waals surface area contributed by atoms with Gasteiger partial charge in [0.25, 0.3) is 5.91 Å². The number of nitrogens with one attached hydrogen (secondary N) is 2. The molecule has 8 heteroatoms. The van der Waals surface area contributed by atoms with Crippen molar-refractivity contribution in [2.24, 2.45) is 0 Å². The van der Waals surface area contributed by atoms with Crippen LogP contribution in [0.1, 0.15) is 21.5 Å². The second-order valence-corrected chi connectivity index (χ2v) is 7.80. The van der Waals surface area contributed by atoms with E-state index in [1.54, 1.807) is 36.4 Å². The van der Waals surface area contributed by atoms with Crippen molar-refractivity contribution in [1.82, 2.24) is 10.2 Å².